The van der Waals surface area contributed by atoms with E-state index in [1.807, 2.05) is 36.0 Å². The minimum Gasteiger partial charge on any atom is -0.150 e. The topological polar surface area (TPSA) is 25.8 Å². The van der Waals surface area contributed by atoms with Crippen LogP contribution in [0.3, 0.4) is 0 Å². The molecule has 0 unspecified atom stereocenters. The number of nitrogens with zero attached hydrogens (tertiary/aromatic N) is 2. The first kappa shape index (κ1) is 28.0. The lowest BCUT2D eigenvalue weighted by atomic mass is 9.54. The third kappa shape index (κ3) is 4.20. The third-order valence-corrected chi connectivity index (χ3v) is 11.3. The fraction of sp³-hybridized carbons (Fsp3) is 0.0909. The molecule has 6 aromatic carbocycles. The van der Waals surface area contributed by atoms with Crippen LogP contribution in [0, 0.1) is 0 Å². The van der Waals surface area contributed by atoms with E-state index in [0.29, 0.717) is 0 Å². The fourth-order valence-corrected chi connectivity index (χ4v) is 9.07. The van der Waals surface area contributed by atoms with Crippen LogP contribution in [0.5, 0.6) is 0 Å². The molecule has 7 aromatic rings. The first-order chi connectivity index (χ1) is 23.0. The fourth-order valence-electron chi connectivity index (χ4n) is 7.88. The van der Waals surface area contributed by atoms with Gasteiger partial charge in [0.2, 0.25) is 0 Å². The van der Waals surface area contributed by atoms with Gasteiger partial charge in [0.1, 0.15) is 0 Å². The number of hydrogen-bond acceptors (Lipinski definition) is 3. The van der Waals surface area contributed by atoms with E-state index in [-0.39, 0.29) is 5.41 Å². The number of hydrogen-bond donors (Lipinski definition) is 0. The summed E-state index contributed by atoms with van der Waals surface area (Å²) < 4.78 is 0. The molecule has 3 heteroatoms. The summed E-state index contributed by atoms with van der Waals surface area (Å²) in [6, 6.07) is 57.4. The Morgan fingerprint density at radius 1 is 0.383 bits per heavy atom. The maximum atomic E-state index is 4.57. The molecule has 0 saturated heterocycles. The second-order valence-corrected chi connectivity index (χ2v) is 14.1. The predicted octanol–water partition coefficient (Wildman–Crippen LogP) is 11.0. The molecule has 1 aromatic heterocycles. The van der Waals surface area contributed by atoms with E-state index in [0.717, 1.165) is 22.5 Å². The molecule has 0 atom stereocenters. The van der Waals surface area contributed by atoms with Gasteiger partial charge in [0.25, 0.3) is 0 Å². The van der Waals surface area contributed by atoms with Crippen LogP contribution in [0.15, 0.2) is 168 Å². The van der Waals surface area contributed by atoms with Crippen molar-refractivity contribution in [2.24, 2.45) is 0 Å². The molecule has 1 aliphatic heterocycles. The highest BCUT2D eigenvalue weighted by molar-refractivity contribution is 7.99. The van der Waals surface area contributed by atoms with E-state index < -0.39 is 5.41 Å². The molecule has 0 fully saturated rings. The Morgan fingerprint density at radius 3 is 1.47 bits per heavy atom. The Bertz CT molecular complexity index is 2240. The van der Waals surface area contributed by atoms with E-state index in [2.05, 4.69) is 158 Å². The molecule has 224 valence electrons. The number of rotatable bonds is 3. The molecule has 47 heavy (non-hydrogen) atoms. The van der Waals surface area contributed by atoms with Crippen molar-refractivity contribution >= 4 is 11.8 Å². The van der Waals surface area contributed by atoms with Gasteiger partial charge in [-0.2, -0.15) is 0 Å². The van der Waals surface area contributed by atoms with Crippen LogP contribution in [-0.2, 0) is 10.8 Å². The Morgan fingerprint density at radius 2 is 0.851 bits per heavy atom. The van der Waals surface area contributed by atoms with Gasteiger partial charge in [0.15, 0.2) is 0 Å². The summed E-state index contributed by atoms with van der Waals surface area (Å²) in [5.41, 5.74) is 13.9. The molecule has 0 bridgehead atoms. The van der Waals surface area contributed by atoms with Gasteiger partial charge in [-0.3, -0.25) is 0 Å². The zero-order chi connectivity index (χ0) is 31.6. The maximum Gasteiger partial charge on any atom is 0.0930 e. The lowest BCUT2D eigenvalue weighted by Crippen LogP contribution is -2.43. The Balaban J connectivity index is 1.20. The second-order valence-electron chi connectivity index (χ2n) is 13.0. The minimum atomic E-state index is -0.425. The number of aromatic nitrogens is 2. The molecular weight excluding hydrogens is 589 g/mol. The Kier molecular flexibility index (Phi) is 6.35. The number of fused-ring (bicyclic) bond motifs is 8. The van der Waals surface area contributed by atoms with Gasteiger partial charge < -0.3 is 0 Å². The van der Waals surface area contributed by atoms with Crippen molar-refractivity contribution in [3.8, 4) is 33.6 Å². The van der Waals surface area contributed by atoms with Crippen LogP contribution < -0.4 is 0 Å². The predicted molar refractivity (Wildman–Crippen MR) is 193 cm³/mol. The van der Waals surface area contributed by atoms with Crippen LogP contribution in [0.4, 0.5) is 0 Å². The summed E-state index contributed by atoms with van der Waals surface area (Å²) in [6.45, 7) is 4.76. The summed E-state index contributed by atoms with van der Waals surface area (Å²) in [7, 11) is 0. The number of benzene rings is 6. The molecule has 2 heterocycles. The molecule has 9 rings (SSSR count). The van der Waals surface area contributed by atoms with Crippen molar-refractivity contribution in [1.82, 2.24) is 10.2 Å². The van der Waals surface area contributed by atoms with Gasteiger partial charge in [-0.15, -0.1) is 10.2 Å². The monoisotopic (exact) mass is 620 g/mol. The van der Waals surface area contributed by atoms with Crippen molar-refractivity contribution in [3.05, 3.63) is 191 Å². The van der Waals surface area contributed by atoms with E-state index in [4.69, 9.17) is 0 Å². The Hall–Kier alpha value is -5.25. The van der Waals surface area contributed by atoms with Gasteiger partial charge in [0, 0.05) is 26.3 Å². The third-order valence-electron chi connectivity index (χ3n) is 10.2. The molecular formula is C44H32N2S. The summed E-state index contributed by atoms with van der Waals surface area (Å²) >= 11 is 1.89. The van der Waals surface area contributed by atoms with E-state index in [9.17, 15) is 0 Å². The summed E-state index contributed by atoms with van der Waals surface area (Å²) in [6.07, 6.45) is 0. The van der Waals surface area contributed by atoms with Crippen LogP contribution in [0.1, 0.15) is 47.2 Å². The van der Waals surface area contributed by atoms with Crippen molar-refractivity contribution in [2.45, 2.75) is 34.5 Å². The Labute approximate surface area is 280 Å². The SMILES string of the molecule is CC1(C)c2ccccc2C2(c3ccccc3Sc3ccccc32)c2cc(-c3ccc(-c4ccc(-c5ccccc5)nn4)cc3)ccc21. The van der Waals surface area contributed by atoms with Crippen molar-refractivity contribution in [2.75, 3.05) is 0 Å². The standard InChI is InChI=1S/C44H32N2S/c1-43(2)33-14-6-7-15-35(33)44(36-16-8-10-18-41(36)47-42-19-11-9-17-37(42)44)38-28-32(24-25-34(38)43)29-20-22-31(23-21-29)40-27-26-39(45-46-40)30-12-4-3-5-13-30/h3-28H,1-2H3. The first-order valence-corrected chi connectivity index (χ1v) is 17.0. The van der Waals surface area contributed by atoms with Gasteiger partial charge in [0.05, 0.1) is 16.8 Å². The molecule has 1 aliphatic carbocycles. The lowest BCUT2D eigenvalue weighted by Gasteiger charge is -2.50. The molecule has 2 nitrogen and oxygen atoms in total. The highest BCUT2D eigenvalue weighted by Gasteiger charge is 2.52. The van der Waals surface area contributed by atoms with Gasteiger partial charge in [-0.1, -0.05) is 153 Å². The minimum absolute atomic E-state index is 0.154. The van der Waals surface area contributed by atoms with Crippen molar-refractivity contribution < 1.29 is 0 Å². The van der Waals surface area contributed by atoms with Gasteiger partial charge >= 0.3 is 0 Å². The normalized spacial score (nSPS) is 14.9. The van der Waals surface area contributed by atoms with E-state index >= 15 is 0 Å². The molecule has 2 aliphatic rings. The van der Waals surface area contributed by atoms with Gasteiger partial charge in [-0.05, 0) is 74.8 Å². The first-order valence-electron chi connectivity index (χ1n) is 16.2. The largest absolute Gasteiger partial charge is 0.150 e. The quantitative estimate of drug-likeness (QED) is 0.197. The smallest absolute Gasteiger partial charge is 0.0930 e. The van der Waals surface area contributed by atoms with E-state index in [1.165, 1.54) is 54.3 Å². The second kappa shape index (κ2) is 10.7. The van der Waals surface area contributed by atoms with Crippen LogP contribution in [0.25, 0.3) is 33.6 Å². The zero-order valence-corrected chi connectivity index (χ0v) is 27.1. The van der Waals surface area contributed by atoms with Crippen LogP contribution >= 0.6 is 11.8 Å². The van der Waals surface area contributed by atoms with Crippen LogP contribution in [0.2, 0.25) is 0 Å². The van der Waals surface area contributed by atoms with E-state index in [1.54, 1.807) is 0 Å². The highest BCUT2D eigenvalue weighted by atomic mass is 32.2. The van der Waals surface area contributed by atoms with Gasteiger partial charge in [-0.25, -0.2) is 0 Å². The van der Waals surface area contributed by atoms with Crippen molar-refractivity contribution in [3.63, 3.8) is 0 Å². The molecule has 0 amide bonds. The maximum absolute atomic E-state index is 4.57. The van der Waals surface area contributed by atoms with Crippen LogP contribution in [-0.4, -0.2) is 10.2 Å². The molecule has 0 saturated carbocycles. The zero-order valence-electron chi connectivity index (χ0n) is 26.3. The average Bonchev–Trinajstić information content (AvgIpc) is 3.14. The average molecular weight is 621 g/mol. The summed E-state index contributed by atoms with van der Waals surface area (Å²) in [5, 5.41) is 9.09. The molecule has 0 N–H and O–H groups in total. The summed E-state index contributed by atoms with van der Waals surface area (Å²) in [5.74, 6) is 0. The molecule has 1 spiro atoms. The van der Waals surface area contributed by atoms with Crippen molar-refractivity contribution in [1.29, 1.82) is 0 Å². The lowest BCUT2D eigenvalue weighted by molar-refractivity contribution is 0.549. The molecule has 0 radical (unpaired) electrons. The highest BCUT2D eigenvalue weighted by Crippen LogP contribution is 2.61. The summed E-state index contributed by atoms with van der Waals surface area (Å²) in [4.78, 5) is 2.64.